The number of hydrogen-bond donors (Lipinski definition) is 3. The van der Waals surface area contributed by atoms with Gasteiger partial charge in [-0.15, -0.1) is 0 Å². The van der Waals surface area contributed by atoms with Gasteiger partial charge in [-0.25, -0.2) is 0 Å². The second-order valence-electron chi connectivity index (χ2n) is 6.21. The van der Waals surface area contributed by atoms with Crippen LogP contribution in [0.25, 0.3) is 0 Å². The molecular weight excluding hydrogens is 348 g/mol. The largest absolute Gasteiger partial charge is 0.480 e. The Bertz CT molecular complexity index is 848. The van der Waals surface area contributed by atoms with Crippen LogP contribution >= 0.6 is 0 Å². The van der Waals surface area contributed by atoms with Gasteiger partial charge in [-0.05, 0) is 41.8 Å². The molecule has 0 spiro atoms. The minimum absolute atomic E-state index is 0.181. The van der Waals surface area contributed by atoms with Gasteiger partial charge in [-0.3, -0.25) is 14.4 Å². The molecule has 2 aromatic rings. The summed E-state index contributed by atoms with van der Waals surface area (Å²) in [7, 11) is 0. The Balaban J connectivity index is 1.57. The Morgan fingerprint density at radius 1 is 1.07 bits per heavy atom. The summed E-state index contributed by atoms with van der Waals surface area (Å²) in [6.45, 7) is 0.148. The molecule has 3 rings (SSSR count). The van der Waals surface area contributed by atoms with Crippen molar-refractivity contribution in [3.05, 3.63) is 65.2 Å². The van der Waals surface area contributed by atoms with Crippen LogP contribution in [0.3, 0.4) is 0 Å². The first-order valence-corrected chi connectivity index (χ1v) is 8.62. The van der Waals surface area contributed by atoms with Gasteiger partial charge in [0.2, 0.25) is 5.91 Å². The van der Waals surface area contributed by atoms with Gasteiger partial charge >= 0.3 is 5.97 Å². The summed E-state index contributed by atoms with van der Waals surface area (Å²) in [5.74, 6) is -1.78. The average molecular weight is 368 g/mol. The second-order valence-corrected chi connectivity index (χ2v) is 6.21. The number of anilines is 1. The molecule has 0 fully saturated rings. The molecule has 1 aliphatic heterocycles. The number of nitrogens with one attached hydrogen (secondary N) is 2. The lowest BCUT2D eigenvalue weighted by Gasteiger charge is -2.25. The van der Waals surface area contributed by atoms with Crippen LogP contribution in [0.2, 0.25) is 0 Å². The third-order valence-electron chi connectivity index (χ3n) is 4.29. The first-order chi connectivity index (χ1) is 13.0. The van der Waals surface area contributed by atoms with Crippen molar-refractivity contribution >= 4 is 23.5 Å². The van der Waals surface area contributed by atoms with Gasteiger partial charge < -0.3 is 20.5 Å². The molecule has 2 aromatic carbocycles. The third-order valence-corrected chi connectivity index (χ3v) is 4.29. The van der Waals surface area contributed by atoms with Crippen molar-refractivity contribution in [3.8, 4) is 0 Å². The summed E-state index contributed by atoms with van der Waals surface area (Å²) in [6.07, 6.45) is 0.786. The lowest BCUT2D eigenvalue weighted by atomic mass is 9.95. The van der Waals surface area contributed by atoms with Crippen molar-refractivity contribution in [2.45, 2.75) is 18.9 Å². The van der Waals surface area contributed by atoms with E-state index in [1.165, 1.54) is 17.7 Å². The standard InChI is InChI=1S/C20H20N2O5/c23-18(11-17-16-4-2-1-3-13(16)9-10-27-17)22-15-7-5-14(6-8-15)20(26)21-12-19(24)25/h1-8,17H,9-12H2,(H,21,26)(H,22,23)(H,24,25). The van der Waals surface area contributed by atoms with Crippen LogP contribution < -0.4 is 10.6 Å². The van der Waals surface area contributed by atoms with Crippen LogP contribution in [0.4, 0.5) is 5.69 Å². The van der Waals surface area contributed by atoms with Crippen molar-refractivity contribution < 1.29 is 24.2 Å². The molecule has 0 bridgehead atoms. The first kappa shape index (κ1) is 18.6. The van der Waals surface area contributed by atoms with Crippen LogP contribution in [0.15, 0.2) is 48.5 Å². The van der Waals surface area contributed by atoms with E-state index in [-0.39, 0.29) is 18.4 Å². The predicted octanol–water partition coefficient (Wildman–Crippen LogP) is 2.14. The molecule has 2 amide bonds. The summed E-state index contributed by atoms with van der Waals surface area (Å²) < 4.78 is 5.75. The van der Waals surface area contributed by atoms with Gasteiger partial charge in [0.05, 0.1) is 19.1 Å². The molecule has 7 nitrogen and oxygen atoms in total. The Hall–Kier alpha value is -3.19. The zero-order chi connectivity index (χ0) is 19.2. The van der Waals surface area contributed by atoms with E-state index in [0.29, 0.717) is 17.9 Å². The van der Waals surface area contributed by atoms with E-state index in [9.17, 15) is 14.4 Å². The molecule has 0 radical (unpaired) electrons. The quantitative estimate of drug-likeness (QED) is 0.725. The number of carboxylic acid groups (broad SMARTS) is 1. The fraction of sp³-hybridized carbons (Fsp3) is 0.250. The fourth-order valence-corrected chi connectivity index (χ4v) is 2.99. The highest BCUT2D eigenvalue weighted by molar-refractivity contribution is 5.97. The number of ether oxygens (including phenoxy) is 1. The maximum Gasteiger partial charge on any atom is 0.322 e. The maximum absolute atomic E-state index is 12.4. The minimum Gasteiger partial charge on any atom is -0.480 e. The highest BCUT2D eigenvalue weighted by Gasteiger charge is 2.23. The van der Waals surface area contributed by atoms with Crippen LogP contribution in [0, 0.1) is 0 Å². The van der Waals surface area contributed by atoms with Crippen LogP contribution in [-0.4, -0.2) is 36.0 Å². The van der Waals surface area contributed by atoms with Crippen molar-refractivity contribution in [1.29, 1.82) is 0 Å². The summed E-state index contributed by atoms with van der Waals surface area (Å²) in [6, 6.07) is 14.2. The second kappa shape index (κ2) is 8.46. The number of fused-ring (bicyclic) bond motifs is 1. The summed E-state index contributed by atoms with van der Waals surface area (Å²) in [5, 5.41) is 13.6. The van der Waals surface area contributed by atoms with Gasteiger partial charge in [0.1, 0.15) is 6.54 Å². The number of carboxylic acids is 1. The Kier molecular flexibility index (Phi) is 5.83. The fourth-order valence-electron chi connectivity index (χ4n) is 2.99. The molecule has 1 heterocycles. The number of amides is 2. The highest BCUT2D eigenvalue weighted by Crippen LogP contribution is 2.29. The van der Waals surface area contributed by atoms with E-state index >= 15 is 0 Å². The zero-order valence-electron chi connectivity index (χ0n) is 14.6. The van der Waals surface area contributed by atoms with Crippen molar-refractivity contribution in [3.63, 3.8) is 0 Å². The van der Waals surface area contributed by atoms with Crippen molar-refractivity contribution in [2.24, 2.45) is 0 Å². The number of hydrogen-bond acceptors (Lipinski definition) is 4. The number of aliphatic carboxylic acids is 1. The molecule has 27 heavy (non-hydrogen) atoms. The first-order valence-electron chi connectivity index (χ1n) is 8.62. The molecule has 140 valence electrons. The zero-order valence-corrected chi connectivity index (χ0v) is 14.6. The average Bonchev–Trinajstić information content (AvgIpc) is 2.67. The van der Waals surface area contributed by atoms with Crippen LogP contribution in [0.1, 0.15) is 34.0 Å². The lowest BCUT2D eigenvalue weighted by molar-refractivity contribution is -0.135. The summed E-state index contributed by atoms with van der Waals surface area (Å²) in [4.78, 5) is 34.6. The van der Waals surface area contributed by atoms with Gasteiger partial charge in [0, 0.05) is 11.3 Å². The van der Waals surface area contributed by atoms with E-state index in [1.807, 2.05) is 18.2 Å². The maximum atomic E-state index is 12.4. The topological polar surface area (TPSA) is 105 Å². The Labute approximate surface area is 156 Å². The number of rotatable bonds is 6. The number of carbonyl (C=O) groups excluding carboxylic acids is 2. The van der Waals surface area contributed by atoms with E-state index in [4.69, 9.17) is 9.84 Å². The Morgan fingerprint density at radius 2 is 1.81 bits per heavy atom. The molecule has 3 N–H and O–H groups in total. The van der Waals surface area contributed by atoms with Gasteiger partial charge in [-0.2, -0.15) is 0 Å². The van der Waals surface area contributed by atoms with Gasteiger partial charge in [0.25, 0.3) is 5.91 Å². The highest BCUT2D eigenvalue weighted by atomic mass is 16.5. The van der Waals surface area contributed by atoms with Crippen LogP contribution in [-0.2, 0) is 20.7 Å². The minimum atomic E-state index is -1.11. The SMILES string of the molecule is O=C(O)CNC(=O)c1ccc(NC(=O)CC2OCCc3ccccc32)cc1. The molecule has 0 saturated carbocycles. The molecular formula is C20H20N2O5. The van der Waals surface area contributed by atoms with E-state index in [2.05, 4.69) is 16.7 Å². The molecule has 1 atom stereocenters. The third kappa shape index (κ3) is 4.92. The van der Waals surface area contributed by atoms with E-state index < -0.39 is 18.4 Å². The molecule has 0 aromatic heterocycles. The van der Waals surface area contributed by atoms with Crippen molar-refractivity contribution in [2.75, 3.05) is 18.5 Å². The molecule has 0 aliphatic carbocycles. The monoisotopic (exact) mass is 368 g/mol. The van der Waals surface area contributed by atoms with Gasteiger partial charge in [0.15, 0.2) is 0 Å². The van der Waals surface area contributed by atoms with Gasteiger partial charge in [-0.1, -0.05) is 24.3 Å². The number of benzene rings is 2. The summed E-state index contributed by atoms with van der Waals surface area (Å²) >= 11 is 0. The normalized spacial score (nSPS) is 15.5. The predicted molar refractivity (Wildman–Crippen MR) is 98.5 cm³/mol. The molecule has 1 aliphatic rings. The number of carbonyl (C=O) groups is 3. The van der Waals surface area contributed by atoms with E-state index in [0.717, 1.165) is 12.0 Å². The van der Waals surface area contributed by atoms with Crippen molar-refractivity contribution in [1.82, 2.24) is 5.32 Å². The van der Waals surface area contributed by atoms with Crippen LogP contribution in [0.5, 0.6) is 0 Å². The smallest absolute Gasteiger partial charge is 0.322 e. The summed E-state index contributed by atoms with van der Waals surface area (Å²) in [5.41, 5.74) is 3.13. The van der Waals surface area contributed by atoms with E-state index in [1.54, 1.807) is 12.1 Å². The lowest BCUT2D eigenvalue weighted by Crippen LogP contribution is -2.29. The molecule has 7 heteroatoms. The molecule has 1 unspecified atom stereocenters. The molecule has 0 saturated heterocycles. The Morgan fingerprint density at radius 3 is 2.56 bits per heavy atom.